The summed E-state index contributed by atoms with van der Waals surface area (Å²) < 4.78 is 21.4. The van der Waals surface area contributed by atoms with Crippen molar-refractivity contribution in [2.75, 3.05) is 0 Å². The van der Waals surface area contributed by atoms with Crippen LogP contribution in [-0.4, -0.2) is 38.3 Å². The number of rotatable bonds is 1. The molecular weight excluding hydrogens is 332 g/mol. The fraction of sp³-hybridized carbons (Fsp3) is 0. The molecule has 0 amide bonds. The molecule has 0 radical (unpaired) electrons. The zero-order valence-corrected chi connectivity index (χ0v) is 6.18. The van der Waals surface area contributed by atoms with Crippen molar-refractivity contribution < 1.29 is 32.9 Å². The number of hydrogen-bond donors (Lipinski definition) is 1. The van der Waals surface area contributed by atoms with Gasteiger partial charge in [0.2, 0.25) is 0 Å². The fourth-order valence-corrected chi connectivity index (χ4v) is 0. The quantitative estimate of drug-likeness (QED) is 0.622. The van der Waals surface area contributed by atoms with Gasteiger partial charge in [-0.05, 0) is 0 Å². The summed E-state index contributed by atoms with van der Waals surface area (Å²) in [4.78, 5) is 0. The third-order valence-electron chi connectivity index (χ3n) is 0.0635. The van der Waals surface area contributed by atoms with E-state index in [-0.39, 0.29) is 29.6 Å². The van der Waals surface area contributed by atoms with Gasteiger partial charge in [-0.3, -0.25) is 0 Å². The Morgan fingerprint density at radius 2 is 2.00 bits per heavy atom. The van der Waals surface area contributed by atoms with Gasteiger partial charge < -0.3 is 0 Å². The molecule has 0 saturated heterocycles. The summed E-state index contributed by atoms with van der Waals surface area (Å²) in [6, 6.07) is 0. The maximum absolute atomic E-state index is 9.69. The van der Waals surface area contributed by atoms with Gasteiger partial charge in [0.25, 0.3) is 0 Å². The maximum atomic E-state index is 9.69. The molecule has 1 N–H and O–H groups in total. The van der Waals surface area contributed by atoms with Crippen molar-refractivity contribution in [3.63, 3.8) is 0 Å². The van der Waals surface area contributed by atoms with Crippen LogP contribution in [0.1, 0.15) is 0 Å². The Balaban J connectivity index is 0. The molecular formula is H2AuNaO3S2. The zero-order valence-electron chi connectivity index (χ0n) is 2.38. The van der Waals surface area contributed by atoms with E-state index in [0.717, 1.165) is 0 Å². The summed E-state index contributed by atoms with van der Waals surface area (Å²) in [5.74, 6) is 0. The van der Waals surface area contributed by atoms with Crippen LogP contribution in [0.15, 0.2) is 0 Å². The Kier molecular flexibility index (Phi) is 8.19. The normalized spacial score (nSPS) is 17.0. The molecule has 0 aromatic heterocycles. The van der Waals surface area contributed by atoms with E-state index in [9.17, 15) is 4.21 Å². The summed E-state index contributed by atoms with van der Waals surface area (Å²) in [5, 5.41) is 0. The molecule has 0 aliphatic heterocycles. The van der Waals surface area contributed by atoms with Crippen molar-refractivity contribution >= 4 is 49.8 Å². The molecule has 0 aromatic carbocycles. The molecule has 44 valence electrons. The van der Waals surface area contributed by atoms with E-state index in [1.807, 2.05) is 0 Å². The third kappa shape index (κ3) is 11.5. The van der Waals surface area contributed by atoms with Crippen LogP contribution in [0.4, 0.5) is 0 Å². The average molecular weight is 334 g/mol. The molecule has 0 bridgehead atoms. The Bertz CT molecular complexity index is 115. The van der Waals surface area contributed by atoms with Crippen molar-refractivity contribution in [1.82, 2.24) is 0 Å². The standard InChI is InChI=1S/Au.Na.H2O3S2.H/c;;1-5(2,3)4;/h;;(H2,1,2,3,4);/q+1;;;/p-1. The summed E-state index contributed by atoms with van der Waals surface area (Å²) in [6.07, 6.45) is 0. The Hall–Kier alpha value is 2.03. The molecule has 0 heterocycles. The molecule has 1 unspecified atom stereocenters. The van der Waals surface area contributed by atoms with Gasteiger partial charge in [0, 0.05) is 0 Å². The molecule has 0 saturated carbocycles. The van der Waals surface area contributed by atoms with Gasteiger partial charge in [-0.2, -0.15) is 0 Å². The second-order valence-electron chi connectivity index (χ2n) is 0.478. The SMILES string of the molecule is O=S(O)(=S)[O][Au].[NaH]. The van der Waals surface area contributed by atoms with Crippen LogP contribution in [0.25, 0.3) is 0 Å². The minimum atomic E-state index is -3.35. The fourth-order valence-electron chi connectivity index (χ4n) is 0. The average Bonchev–Trinajstić information content (AvgIpc) is 1.35. The van der Waals surface area contributed by atoms with E-state index in [1.54, 1.807) is 0 Å². The van der Waals surface area contributed by atoms with Gasteiger partial charge in [-0.1, -0.05) is 0 Å². The van der Waals surface area contributed by atoms with Crippen LogP contribution in [-0.2, 0) is 44.4 Å². The summed E-state index contributed by atoms with van der Waals surface area (Å²) in [6.45, 7) is 0. The van der Waals surface area contributed by atoms with Crippen LogP contribution < -0.4 is 0 Å². The first-order valence-electron chi connectivity index (χ1n) is 0.806. The van der Waals surface area contributed by atoms with Gasteiger partial charge in [-0.25, -0.2) is 0 Å². The molecule has 1 atom stereocenters. The van der Waals surface area contributed by atoms with E-state index in [1.165, 1.54) is 21.5 Å². The van der Waals surface area contributed by atoms with Crippen molar-refractivity contribution in [2.24, 2.45) is 0 Å². The molecule has 0 aromatic rings. The summed E-state index contributed by atoms with van der Waals surface area (Å²) in [7, 11) is -3.35. The van der Waals surface area contributed by atoms with Crippen molar-refractivity contribution in [3.8, 4) is 0 Å². The first-order chi connectivity index (χ1) is 2.56. The zero-order chi connectivity index (χ0) is 5.21. The van der Waals surface area contributed by atoms with Gasteiger partial charge in [0.1, 0.15) is 0 Å². The molecule has 0 fully saturated rings. The van der Waals surface area contributed by atoms with Gasteiger partial charge >= 0.3 is 82.7 Å². The van der Waals surface area contributed by atoms with E-state index in [0.29, 0.717) is 0 Å². The topological polar surface area (TPSA) is 46.5 Å². The van der Waals surface area contributed by atoms with Crippen LogP contribution >= 0.6 is 0 Å². The van der Waals surface area contributed by atoms with Gasteiger partial charge in [0.15, 0.2) is 0 Å². The molecule has 0 aliphatic carbocycles. The predicted molar refractivity (Wildman–Crippen MR) is 26.4 cm³/mol. The third-order valence-corrected chi connectivity index (χ3v) is 2.57. The predicted octanol–water partition coefficient (Wildman–Crippen LogP) is -1.05. The monoisotopic (exact) mass is 334 g/mol. The molecule has 7 heavy (non-hydrogen) atoms. The van der Waals surface area contributed by atoms with Gasteiger partial charge in [-0.15, -0.1) is 0 Å². The van der Waals surface area contributed by atoms with Gasteiger partial charge in [0.05, 0.1) is 0 Å². The molecule has 3 nitrogen and oxygen atoms in total. The van der Waals surface area contributed by atoms with Crippen molar-refractivity contribution in [2.45, 2.75) is 0 Å². The van der Waals surface area contributed by atoms with E-state index < -0.39 is 9.05 Å². The Labute approximate surface area is 81.6 Å². The van der Waals surface area contributed by atoms with E-state index in [4.69, 9.17) is 4.55 Å². The van der Waals surface area contributed by atoms with Crippen LogP contribution in [0.2, 0.25) is 0 Å². The van der Waals surface area contributed by atoms with Crippen molar-refractivity contribution in [3.05, 3.63) is 0 Å². The minimum absolute atomic E-state index is 0. The molecule has 0 spiro atoms. The summed E-state index contributed by atoms with van der Waals surface area (Å²) in [5.41, 5.74) is 0. The first-order valence-corrected chi connectivity index (χ1v) is 4.06. The van der Waals surface area contributed by atoms with Crippen LogP contribution in [0.5, 0.6) is 0 Å². The molecule has 7 heteroatoms. The van der Waals surface area contributed by atoms with E-state index in [2.05, 4.69) is 13.9 Å². The second kappa shape index (κ2) is 4.87. The summed E-state index contributed by atoms with van der Waals surface area (Å²) >= 11 is 5.26. The van der Waals surface area contributed by atoms with E-state index >= 15 is 0 Å². The molecule has 0 rings (SSSR count). The Morgan fingerprint density at radius 1 is 1.86 bits per heavy atom. The Morgan fingerprint density at radius 3 is 2.00 bits per heavy atom. The van der Waals surface area contributed by atoms with Crippen molar-refractivity contribution in [1.29, 1.82) is 0 Å². The second-order valence-corrected chi connectivity index (χ2v) is 3.78. The molecule has 0 aliphatic rings. The van der Waals surface area contributed by atoms with Crippen LogP contribution in [0.3, 0.4) is 0 Å². The first kappa shape index (κ1) is 11.8. The van der Waals surface area contributed by atoms with Crippen LogP contribution in [0, 0.1) is 0 Å². The number of hydrogen-bond acceptors (Lipinski definition) is 3.